The highest BCUT2D eigenvalue weighted by molar-refractivity contribution is 14.0. The standard InChI is InChI=1S/C18H30N4O2S.HI/c1-5-24-17(23)14-8-10-22(11-9-14)18(19-2)20-13-15(21(3)4)16-7-6-12-25-16;/h6-7,12,14-15H,5,8-11,13H2,1-4H3,(H,19,20);1H. The van der Waals surface area contributed by atoms with E-state index in [2.05, 4.69) is 51.7 Å². The minimum Gasteiger partial charge on any atom is -0.466 e. The zero-order chi connectivity index (χ0) is 18.2. The number of aliphatic imine (C=N–C) groups is 1. The van der Waals surface area contributed by atoms with Gasteiger partial charge in [-0.3, -0.25) is 9.79 Å². The number of piperidine rings is 1. The number of guanidine groups is 1. The molecule has 1 saturated heterocycles. The molecule has 148 valence electrons. The summed E-state index contributed by atoms with van der Waals surface area (Å²) in [4.78, 5) is 22.1. The van der Waals surface area contributed by atoms with Crippen LogP contribution < -0.4 is 5.32 Å². The van der Waals surface area contributed by atoms with Crippen molar-refractivity contribution in [1.29, 1.82) is 0 Å². The number of ether oxygens (including phenoxy) is 1. The van der Waals surface area contributed by atoms with E-state index in [1.807, 2.05) is 14.0 Å². The van der Waals surface area contributed by atoms with Gasteiger partial charge in [0.2, 0.25) is 0 Å². The molecule has 0 saturated carbocycles. The van der Waals surface area contributed by atoms with Crippen LogP contribution in [0.1, 0.15) is 30.7 Å². The lowest BCUT2D eigenvalue weighted by Gasteiger charge is -2.34. The molecule has 0 bridgehead atoms. The van der Waals surface area contributed by atoms with E-state index in [0.717, 1.165) is 38.4 Å². The Labute approximate surface area is 178 Å². The van der Waals surface area contributed by atoms with Crippen molar-refractivity contribution in [2.75, 3.05) is 47.4 Å². The van der Waals surface area contributed by atoms with Gasteiger partial charge in [-0.15, -0.1) is 35.3 Å². The average Bonchev–Trinajstić information content (AvgIpc) is 3.13. The Hall–Kier alpha value is -0.870. The number of nitrogens with zero attached hydrogens (tertiary/aromatic N) is 3. The zero-order valence-corrected chi connectivity index (χ0v) is 19.3. The Bertz CT molecular complexity index is 558. The molecule has 1 unspecified atom stereocenters. The van der Waals surface area contributed by atoms with Gasteiger partial charge in [0.15, 0.2) is 5.96 Å². The van der Waals surface area contributed by atoms with E-state index in [4.69, 9.17) is 4.74 Å². The second-order valence-corrected chi connectivity index (χ2v) is 7.42. The highest BCUT2D eigenvalue weighted by Crippen LogP contribution is 2.23. The monoisotopic (exact) mass is 494 g/mol. The molecule has 1 fully saturated rings. The van der Waals surface area contributed by atoms with E-state index in [9.17, 15) is 4.79 Å². The van der Waals surface area contributed by atoms with Gasteiger partial charge in [-0.2, -0.15) is 0 Å². The third-order valence-corrected chi connectivity index (χ3v) is 5.55. The molecule has 2 rings (SSSR count). The number of carbonyl (C=O) groups is 1. The number of hydrogen-bond donors (Lipinski definition) is 1. The summed E-state index contributed by atoms with van der Waals surface area (Å²) < 4.78 is 5.14. The fourth-order valence-corrected chi connectivity index (χ4v) is 4.05. The molecular formula is C18H31IN4O2S. The second-order valence-electron chi connectivity index (χ2n) is 6.44. The molecule has 1 atom stereocenters. The Kier molecular flexibility index (Phi) is 10.5. The number of nitrogens with one attached hydrogen (secondary N) is 1. The molecule has 1 N–H and O–H groups in total. The highest BCUT2D eigenvalue weighted by Gasteiger charge is 2.27. The predicted octanol–water partition coefficient (Wildman–Crippen LogP) is 2.82. The molecule has 0 aromatic carbocycles. The molecule has 0 aliphatic carbocycles. The lowest BCUT2D eigenvalue weighted by Crippen LogP contribution is -2.48. The molecule has 1 aromatic rings. The fraction of sp³-hybridized carbons (Fsp3) is 0.667. The van der Waals surface area contributed by atoms with Crippen molar-refractivity contribution in [2.45, 2.75) is 25.8 Å². The normalized spacial score (nSPS) is 17.0. The first-order valence-corrected chi connectivity index (χ1v) is 9.76. The smallest absolute Gasteiger partial charge is 0.309 e. The molecule has 2 heterocycles. The maximum Gasteiger partial charge on any atom is 0.309 e. The molecule has 0 radical (unpaired) electrons. The lowest BCUT2D eigenvalue weighted by atomic mass is 9.97. The van der Waals surface area contributed by atoms with Crippen LogP contribution in [0.3, 0.4) is 0 Å². The first kappa shape index (κ1) is 23.2. The van der Waals surface area contributed by atoms with Crippen molar-refractivity contribution >= 4 is 47.2 Å². The van der Waals surface area contributed by atoms with Crippen molar-refractivity contribution in [2.24, 2.45) is 10.9 Å². The van der Waals surface area contributed by atoms with Crippen LogP contribution in [0.5, 0.6) is 0 Å². The van der Waals surface area contributed by atoms with E-state index in [0.29, 0.717) is 12.6 Å². The Morgan fingerprint density at radius 3 is 2.65 bits per heavy atom. The Morgan fingerprint density at radius 2 is 2.15 bits per heavy atom. The quantitative estimate of drug-likeness (QED) is 0.285. The summed E-state index contributed by atoms with van der Waals surface area (Å²) >= 11 is 1.78. The summed E-state index contributed by atoms with van der Waals surface area (Å²) in [7, 11) is 6.01. The largest absolute Gasteiger partial charge is 0.466 e. The van der Waals surface area contributed by atoms with Gasteiger partial charge in [-0.25, -0.2) is 0 Å². The van der Waals surface area contributed by atoms with Crippen LogP contribution in [0.15, 0.2) is 22.5 Å². The zero-order valence-electron chi connectivity index (χ0n) is 16.1. The minimum atomic E-state index is -0.0598. The van der Waals surface area contributed by atoms with Gasteiger partial charge in [0.05, 0.1) is 18.6 Å². The molecule has 26 heavy (non-hydrogen) atoms. The average molecular weight is 494 g/mol. The Morgan fingerprint density at radius 1 is 1.46 bits per heavy atom. The molecule has 0 spiro atoms. The van der Waals surface area contributed by atoms with Gasteiger partial charge in [0.25, 0.3) is 0 Å². The molecule has 1 aliphatic heterocycles. The second kappa shape index (κ2) is 11.8. The van der Waals surface area contributed by atoms with Crippen LogP contribution in [0, 0.1) is 5.92 Å². The maximum absolute atomic E-state index is 11.9. The number of halogens is 1. The summed E-state index contributed by atoms with van der Waals surface area (Å²) in [5, 5.41) is 5.61. The summed E-state index contributed by atoms with van der Waals surface area (Å²) in [6.07, 6.45) is 1.64. The van der Waals surface area contributed by atoms with Crippen molar-refractivity contribution < 1.29 is 9.53 Å². The van der Waals surface area contributed by atoms with Crippen molar-refractivity contribution in [3.05, 3.63) is 22.4 Å². The number of likely N-dealkylation sites (tertiary alicyclic amines) is 1. The SMILES string of the molecule is CCOC(=O)C1CCN(C(=NC)NCC(c2cccs2)N(C)C)CC1.I. The van der Waals surface area contributed by atoms with E-state index in [-0.39, 0.29) is 35.9 Å². The van der Waals surface area contributed by atoms with Gasteiger partial charge < -0.3 is 19.9 Å². The first-order chi connectivity index (χ1) is 12.1. The summed E-state index contributed by atoms with van der Waals surface area (Å²) in [5.41, 5.74) is 0. The summed E-state index contributed by atoms with van der Waals surface area (Å²) in [6.45, 7) is 4.77. The summed E-state index contributed by atoms with van der Waals surface area (Å²) in [5.74, 6) is 0.871. The number of rotatable bonds is 6. The molecule has 1 aliphatic rings. The van der Waals surface area contributed by atoms with Crippen LogP contribution >= 0.6 is 35.3 Å². The van der Waals surface area contributed by atoms with Gasteiger partial charge in [0.1, 0.15) is 0 Å². The predicted molar refractivity (Wildman–Crippen MR) is 118 cm³/mol. The number of esters is 1. The minimum absolute atomic E-state index is 0. The number of hydrogen-bond acceptors (Lipinski definition) is 5. The van der Waals surface area contributed by atoms with Crippen LogP contribution in [-0.4, -0.2) is 69.1 Å². The van der Waals surface area contributed by atoms with Crippen LogP contribution in [0.25, 0.3) is 0 Å². The van der Waals surface area contributed by atoms with Crippen molar-refractivity contribution in [3.8, 4) is 0 Å². The van der Waals surface area contributed by atoms with Gasteiger partial charge in [0, 0.05) is 31.6 Å². The van der Waals surface area contributed by atoms with Crippen LogP contribution in [-0.2, 0) is 9.53 Å². The van der Waals surface area contributed by atoms with Gasteiger partial charge >= 0.3 is 5.97 Å². The number of carbonyl (C=O) groups excluding carboxylic acids is 1. The molecule has 1 aromatic heterocycles. The molecule has 8 heteroatoms. The van der Waals surface area contributed by atoms with E-state index >= 15 is 0 Å². The first-order valence-electron chi connectivity index (χ1n) is 8.88. The molecule has 6 nitrogen and oxygen atoms in total. The molecular weight excluding hydrogens is 463 g/mol. The highest BCUT2D eigenvalue weighted by atomic mass is 127. The summed E-state index contributed by atoms with van der Waals surface area (Å²) in [6, 6.07) is 4.57. The van der Waals surface area contributed by atoms with Gasteiger partial charge in [-0.1, -0.05) is 6.07 Å². The Balaban J connectivity index is 0.00000338. The van der Waals surface area contributed by atoms with Crippen molar-refractivity contribution in [3.63, 3.8) is 0 Å². The third-order valence-electron chi connectivity index (χ3n) is 4.57. The van der Waals surface area contributed by atoms with Crippen LogP contribution in [0.4, 0.5) is 0 Å². The van der Waals surface area contributed by atoms with Crippen molar-refractivity contribution in [1.82, 2.24) is 15.1 Å². The number of thiophene rings is 1. The van der Waals surface area contributed by atoms with E-state index < -0.39 is 0 Å². The number of likely N-dealkylation sites (N-methyl/N-ethyl adjacent to an activating group) is 1. The maximum atomic E-state index is 11.9. The van der Waals surface area contributed by atoms with E-state index in [1.165, 1.54) is 4.88 Å². The fourth-order valence-electron chi connectivity index (χ4n) is 3.13. The van der Waals surface area contributed by atoms with Crippen LogP contribution in [0.2, 0.25) is 0 Å². The topological polar surface area (TPSA) is 57.2 Å². The van der Waals surface area contributed by atoms with Gasteiger partial charge in [-0.05, 0) is 45.3 Å². The lowest BCUT2D eigenvalue weighted by molar-refractivity contribution is -0.149. The van der Waals surface area contributed by atoms with E-state index in [1.54, 1.807) is 11.3 Å². The molecule has 0 amide bonds. The third kappa shape index (κ3) is 6.38.